The summed E-state index contributed by atoms with van der Waals surface area (Å²) in [5, 5.41) is 3.31. The van der Waals surface area contributed by atoms with Gasteiger partial charge in [-0.15, -0.1) is 0 Å². The first-order chi connectivity index (χ1) is 9.99. The summed E-state index contributed by atoms with van der Waals surface area (Å²) in [5.41, 5.74) is 1.97. The van der Waals surface area contributed by atoms with Crippen LogP contribution in [0.3, 0.4) is 0 Å². The molecule has 0 spiro atoms. The number of nitrogens with zero attached hydrogens (tertiary/aromatic N) is 1. The molecule has 0 unspecified atom stereocenters. The number of cyclic esters (lactones) is 1. The van der Waals surface area contributed by atoms with Crippen molar-refractivity contribution in [1.82, 2.24) is 4.98 Å². The fourth-order valence-corrected chi connectivity index (χ4v) is 2.65. The monoisotopic (exact) mass is 282 g/mol. The van der Waals surface area contributed by atoms with Crippen LogP contribution in [-0.2, 0) is 10.3 Å². The van der Waals surface area contributed by atoms with E-state index in [1.165, 1.54) is 0 Å². The van der Waals surface area contributed by atoms with Crippen molar-refractivity contribution in [2.45, 2.75) is 32.4 Å². The third-order valence-corrected chi connectivity index (χ3v) is 3.80. The molecule has 2 heterocycles. The van der Waals surface area contributed by atoms with Crippen molar-refractivity contribution in [3.8, 4) is 0 Å². The summed E-state index contributed by atoms with van der Waals surface area (Å²) >= 11 is 0. The molecule has 0 amide bonds. The minimum Gasteiger partial charge on any atom is -0.451 e. The predicted octanol–water partition coefficient (Wildman–Crippen LogP) is 3.66. The molecule has 2 aromatic rings. The maximum Gasteiger partial charge on any atom is 0.343 e. The van der Waals surface area contributed by atoms with E-state index in [0.29, 0.717) is 11.4 Å². The minimum absolute atomic E-state index is 0.0571. The Morgan fingerprint density at radius 3 is 2.62 bits per heavy atom. The van der Waals surface area contributed by atoms with Crippen LogP contribution in [0.15, 0.2) is 42.6 Å². The molecule has 4 heteroatoms. The Labute approximate surface area is 124 Å². The number of aromatic nitrogens is 1. The standard InChI is InChI=1S/C17H18N2O2/c1-11(12-7-5-4-6-8-12)19-15-14-13(9-10-18-15)17(2,3)21-16(14)20/h4-11H,1-3H3,(H,18,19)/t11-/m0/s1. The summed E-state index contributed by atoms with van der Waals surface area (Å²) in [6, 6.07) is 12.0. The second-order valence-corrected chi connectivity index (χ2v) is 5.76. The number of hydrogen-bond acceptors (Lipinski definition) is 4. The number of benzene rings is 1. The van der Waals surface area contributed by atoms with Crippen molar-refractivity contribution >= 4 is 11.8 Å². The Morgan fingerprint density at radius 1 is 1.19 bits per heavy atom. The Balaban J connectivity index is 1.95. The van der Waals surface area contributed by atoms with Crippen LogP contribution in [0.25, 0.3) is 0 Å². The van der Waals surface area contributed by atoms with E-state index in [4.69, 9.17) is 4.74 Å². The Kier molecular flexibility index (Phi) is 3.16. The number of nitrogens with one attached hydrogen (secondary N) is 1. The molecule has 3 rings (SSSR count). The fourth-order valence-electron chi connectivity index (χ4n) is 2.65. The molecular formula is C17H18N2O2. The average molecular weight is 282 g/mol. The number of carbonyl (C=O) groups excluding carboxylic acids is 1. The molecule has 4 nitrogen and oxygen atoms in total. The van der Waals surface area contributed by atoms with Gasteiger partial charge in [-0.2, -0.15) is 0 Å². The zero-order valence-electron chi connectivity index (χ0n) is 12.4. The molecule has 108 valence electrons. The van der Waals surface area contributed by atoms with Gasteiger partial charge in [-0.25, -0.2) is 9.78 Å². The molecule has 1 aromatic carbocycles. The van der Waals surface area contributed by atoms with Crippen molar-refractivity contribution in [1.29, 1.82) is 0 Å². The van der Waals surface area contributed by atoms with Gasteiger partial charge >= 0.3 is 5.97 Å². The van der Waals surface area contributed by atoms with Gasteiger partial charge in [0, 0.05) is 17.8 Å². The van der Waals surface area contributed by atoms with Crippen molar-refractivity contribution in [3.05, 3.63) is 59.3 Å². The maximum atomic E-state index is 12.1. The van der Waals surface area contributed by atoms with Gasteiger partial charge in [0.2, 0.25) is 0 Å². The van der Waals surface area contributed by atoms with Gasteiger partial charge in [-0.1, -0.05) is 30.3 Å². The third-order valence-electron chi connectivity index (χ3n) is 3.80. The van der Waals surface area contributed by atoms with Crippen LogP contribution in [0, 0.1) is 0 Å². The number of esters is 1. The van der Waals surface area contributed by atoms with Crippen LogP contribution in [0.5, 0.6) is 0 Å². The molecule has 1 aliphatic heterocycles. The highest BCUT2D eigenvalue weighted by Gasteiger charge is 2.40. The number of fused-ring (bicyclic) bond motifs is 1. The Bertz CT molecular complexity index is 680. The van der Waals surface area contributed by atoms with Crippen LogP contribution >= 0.6 is 0 Å². The van der Waals surface area contributed by atoms with Crippen molar-refractivity contribution in [3.63, 3.8) is 0 Å². The van der Waals surface area contributed by atoms with Crippen molar-refractivity contribution < 1.29 is 9.53 Å². The first-order valence-electron chi connectivity index (χ1n) is 7.03. The molecule has 0 aliphatic carbocycles. The van der Waals surface area contributed by atoms with Gasteiger partial charge in [-0.3, -0.25) is 0 Å². The summed E-state index contributed by atoms with van der Waals surface area (Å²) in [6.07, 6.45) is 1.71. The molecule has 1 N–H and O–H groups in total. The molecule has 0 saturated carbocycles. The average Bonchev–Trinajstić information content (AvgIpc) is 2.70. The lowest BCUT2D eigenvalue weighted by molar-refractivity contribution is 0.00958. The molecular weight excluding hydrogens is 264 g/mol. The summed E-state index contributed by atoms with van der Waals surface area (Å²) in [7, 11) is 0. The quantitative estimate of drug-likeness (QED) is 0.873. The summed E-state index contributed by atoms with van der Waals surface area (Å²) in [5.74, 6) is 0.269. The van der Waals surface area contributed by atoms with Crippen LogP contribution in [0.2, 0.25) is 0 Å². The van der Waals surface area contributed by atoms with Gasteiger partial charge in [0.1, 0.15) is 17.0 Å². The number of hydrogen-bond donors (Lipinski definition) is 1. The molecule has 1 aliphatic rings. The number of ether oxygens (including phenoxy) is 1. The van der Waals surface area contributed by atoms with E-state index in [9.17, 15) is 4.79 Å². The molecule has 1 aromatic heterocycles. The van der Waals surface area contributed by atoms with Crippen LogP contribution in [0.4, 0.5) is 5.82 Å². The fraction of sp³-hybridized carbons (Fsp3) is 0.294. The molecule has 0 saturated heterocycles. The summed E-state index contributed by atoms with van der Waals surface area (Å²) < 4.78 is 5.43. The highest BCUT2D eigenvalue weighted by atomic mass is 16.6. The third kappa shape index (κ3) is 2.37. The highest BCUT2D eigenvalue weighted by Crippen LogP contribution is 2.38. The van der Waals surface area contributed by atoms with Crippen LogP contribution in [-0.4, -0.2) is 11.0 Å². The van der Waals surface area contributed by atoms with E-state index < -0.39 is 5.60 Å². The first-order valence-corrected chi connectivity index (χ1v) is 7.03. The van der Waals surface area contributed by atoms with E-state index in [1.54, 1.807) is 6.20 Å². The molecule has 1 atom stereocenters. The van der Waals surface area contributed by atoms with Gasteiger partial charge in [-0.05, 0) is 32.4 Å². The number of carbonyl (C=O) groups is 1. The summed E-state index contributed by atoms with van der Waals surface area (Å²) in [4.78, 5) is 16.4. The van der Waals surface area contributed by atoms with Gasteiger partial charge < -0.3 is 10.1 Å². The van der Waals surface area contributed by atoms with Crippen LogP contribution in [0.1, 0.15) is 48.3 Å². The van der Waals surface area contributed by atoms with E-state index in [0.717, 1.165) is 11.1 Å². The van der Waals surface area contributed by atoms with Crippen molar-refractivity contribution in [2.75, 3.05) is 5.32 Å². The Morgan fingerprint density at radius 2 is 1.90 bits per heavy atom. The van der Waals surface area contributed by atoms with E-state index >= 15 is 0 Å². The zero-order chi connectivity index (χ0) is 15.0. The summed E-state index contributed by atoms with van der Waals surface area (Å²) in [6.45, 7) is 5.82. The first kappa shape index (κ1) is 13.6. The molecule has 0 radical (unpaired) electrons. The van der Waals surface area contributed by atoms with Crippen molar-refractivity contribution in [2.24, 2.45) is 0 Å². The normalized spacial score (nSPS) is 17.0. The van der Waals surface area contributed by atoms with Gasteiger partial charge in [0.25, 0.3) is 0 Å². The lowest BCUT2D eigenvalue weighted by Crippen LogP contribution is -2.16. The van der Waals surface area contributed by atoms with E-state index in [2.05, 4.69) is 10.3 Å². The molecule has 0 fully saturated rings. The number of anilines is 1. The second kappa shape index (κ2) is 4.88. The number of rotatable bonds is 3. The van der Waals surface area contributed by atoms with Crippen LogP contribution < -0.4 is 5.32 Å². The Hall–Kier alpha value is -2.36. The highest BCUT2D eigenvalue weighted by molar-refractivity contribution is 5.99. The molecule has 0 bridgehead atoms. The largest absolute Gasteiger partial charge is 0.451 e. The second-order valence-electron chi connectivity index (χ2n) is 5.76. The smallest absolute Gasteiger partial charge is 0.343 e. The molecule has 21 heavy (non-hydrogen) atoms. The van der Waals surface area contributed by atoms with Gasteiger partial charge in [0.05, 0.1) is 0 Å². The van der Waals surface area contributed by atoms with Gasteiger partial charge in [0.15, 0.2) is 0 Å². The SMILES string of the molecule is C[C@H](Nc1nccc2c1C(=O)OC2(C)C)c1ccccc1. The van der Waals surface area contributed by atoms with E-state index in [-0.39, 0.29) is 12.0 Å². The lowest BCUT2D eigenvalue weighted by Gasteiger charge is -2.18. The predicted molar refractivity (Wildman–Crippen MR) is 81.2 cm³/mol. The topological polar surface area (TPSA) is 51.2 Å². The lowest BCUT2D eigenvalue weighted by atomic mass is 9.97. The number of pyridine rings is 1. The maximum absolute atomic E-state index is 12.1. The van der Waals surface area contributed by atoms with E-state index in [1.807, 2.05) is 57.2 Å². The zero-order valence-corrected chi connectivity index (χ0v) is 12.4. The minimum atomic E-state index is -0.595.